The fourth-order valence-corrected chi connectivity index (χ4v) is 3.89. The Kier molecular flexibility index (Phi) is 10.6. The lowest BCUT2D eigenvalue weighted by Crippen LogP contribution is -2.47. The smallest absolute Gasteiger partial charge is 0.342 e. The summed E-state index contributed by atoms with van der Waals surface area (Å²) in [6.07, 6.45) is 0.802. The van der Waals surface area contributed by atoms with Crippen LogP contribution in [0.25, 0.3) is 0 Å². The lowest BCUT2D eigenvalue weighted by atomic mass is 10.3. The highest BCUT2D eigenvalue weighted by Gasteiger charge is 2.34. The topological polar surface area (TPSA) is 101 Å². The average molecular weight is 400 g/mol. The Bertz CT molecular complexity index is 695. The predicted molar refractivity (Wildman–Crippen MR) is 106 cm³/mol. The number of nitrogens with zero attached hydrogens (tertiary/aromatic N) is 1. The van der Waals surface area contributed by atoms with E-state index in [9.17, 15) is 18.0 Å². The largest absolute Gasteiger partial charge is 0.479 e. The third-order valence-electron chi connectivity index (χ3n) is 4.75. The van der Waals surface area contributed by atoms with Crippen LogP contribution < -0.4 is 5.32 Å². The van der Waals surface area contributed by atoms with E-state index in [1.807, 2.05) is 5.32 Å². The van der Waals surface area contributed by atoms with Crippen LogP contribution in [0.4, 0.5) is 0 Å². The summed E-state index contributed by atoms with van der Waals surface area (Å²) in [5, 5.41) is 8.71. The second-order valence-electron chi connectivity index (χ2n) is 5.90. The predicted octanol–water partition coefficient (Wildman–Crippen LogP) is 2.06. The quantitative estimate of drug-likeness (QED) is 0.489. The monoisotopic (exact) mass is 399 g/mol. The van der Waals surface area contributed by atoms with E-state index in [2.05, 4.69) is 34.3 Å². The maximum Gasteiger partial charge on any atom is 0.342 e. The first-order valence-electron chi connectivity index (χ1n) is 8.93. The molecule has 1 rings (SSSR count). The van der Waals surface area contributed by atoms with E-state index >= 15 is 0 Å². The van der Waals surface area contributed by atoms with Gasteiger partial charge >= 0.3 is 5.97 Å². The van der Waals surface area contributed by atoms with E-state index in [1.165, 1.54) is 54.9 Å². The van der Waals surface area contributed by atoms with Crippen molar-refractivity contribution >= 4 is 21.7 Å². The van der Waals surface area contributed by atoms with Crippen LogP contribution in [0, 0.1) is 0 Å². The first kappa shape index (κ1) is 24.8. The number of aliphatic carboxylic acids is 1. The lowest BCUT2D eigenvalue weighted by molar-refractivity contribution is -0.921. The van der Waals surface area contributed by atoms with Gasteiger partial charge in [0.15, 0.2) is 0 Å². The summed E-state index contributed by atoms with van der Waals surface area (Å²) < 4.78 is 25.3. The number of carboxylic acid groups (broad SMARTS) is 1. The molecule has 0 heterocycles. The number of hydrogen-bond acceptors (Lipinski definition) is 4. The highest BCUT2D eigenvalue weighted by molar-refractivity contribution is 7.92. The van der Waals surface area contributed by atoms with Crippen molar-refractivity contribution < 1.29 is 27.6 Å². The first-order valence-corrected chi connectivity index (χ1v) is 10.5. The molecule has 0 aliphatic rings. The van der Waals surface area contributed by atoms with Gasteiger partial charge in [-0.3, -0.25) is 4.79 Å². The Balaban J connectivity index is 0.000000636. The number of carboxylic acids is 1. The molecule has 7 nitrogen and oxygen atoms in total. The van der Waals surface area contributed by atoms with E-state index < -0.39 is 27.1 Å². The molecule has 0 radical (unpaired) electrons. The Morgan fingerprint density at radius 3 is 1.81 bits per heavy atom. The number of amides is 1. The minimum absolute atomic E-state index is 0.179. The van der Waals surface area contributed by atoms with Gasteiger partial charge in [0.2, 0.25) is 21.1 Å². The third-order valence-corrected chi connectivity index (χ3v) is 6.62. The highest BCUT2D eigenvalue weighted by Crippen LogP contribution is 2.14. The van der Waals surface area contributed by atoms with E-state index in [4.69, 9.17) is 5.11 Å². The molecule has 1 aromatic carbocycles. The number of hydrogen-bond donors (Lipinski definition) is 2. The van der Waals surface area contributed by atoms with Gasteiger partial charge in [0, 0.05) is 0 Å². The molecule has 1 atom stereocenters. The molecule has 8 heteroatoms. The van der Waals surface area contributed by atoms with Gasteiger partial charge in [0.25, 0.3) is 0 Å². The van der Waals surface area contributed by atoms with Gasteiger partial charge in [-0.2, -0.15) is 0 Å². The molecule has 0 saturated heterocycles. The number of rotatable bonds is 9. The van der Waals surface area contributed by atoms with Crippen LogP contribution in [-0.4, -0.2) is 61.4 Å². The van der Waals surface area contributed by atoms with Crippen molar-refractivity contribution in [1.82, 2.24) is 5.32 Å². The molecule has 0 aromatic heterocycles. The molecule has 0 aliphatic carbocycles. The fraction of sp³-hybridized carbons (Fsp3) is 0.474. The van der Waals surface area contributed by atoms with Crippen LogP contribution in [0.15, 0.2) is 47.9 Å². The average Bonchev–Trinajstić information content (AvgIpc) is 2.69. The molecular formula is C19H31N2O5S+. The number of carbonyl (C=O) groups is 2. The number of sulfone groups is 1. The Labute approximate surface area is 162 Å². The van der Waals surface area contributed by atoms with Crippen molar-refractivity contribution in [1.29, 1.82) is 0 Å². The van der Waals surface area contributed by atoms with Crippen molar-refractivity contribution in [3.05, 3.63) is 43.0 Å². The van der Waals surface area contributed by atoms with Crippen molar-refractivity contribution in [2.24, 2.45) is 0 Å². The first-order chi connectivity index (χ1) is 12.6. The lowest BCUT2D eigenvalue weighted by Gasteiger charge is -2.34. The molecule has 0 fully saturated rings. The maximum absolute atomic E-state index is 12.0. The summed E-state index contributed by atoms with van der Waals surface area (Å²) >= 11 is 0. The molecule has 1 amide bonds. The Morgan fingerprint density at radius 2 is 1.52 bits per heavy atom. The van der Waals surface area contributed by atoms with Gasteiger partial charge in [-0.15, -0.1) is 0 Å². The Morgan fingerprint density at radius 1 is 1.07 bits per heavy atom. The highest BCUT2D eigenvalue weighted by atomic mass is 32.2. The number of benzene rings is 1. The zero-order chi connectivity index (χ0) is 21.1. The summed E-state index contributed by atoms with van der Waals surface area (Å²) in [4.78, 5) is 21.8. The van der Waals surface area contributed by atoms with Crippen molar-refractivity contribution in [2.45, 2.75) is 38.0 Å². The number of nitrogens with one attached hydrogen (secondary N) is 1. The number of quaternary nitrogens is 1. The SMILES string of the molecule is C=CC(=O)NC(C(=O)O)S(=O)(=O)c1ccccc1.CC[N+](CC)(CC)CC. The molecule has 1 unspecified atom stereocenters. The molecule has 0 spiro atoms. The second kappa shape index (κ2) is 11.5. The van der Waals surface area contributed by atoms with Crippen molar-refractivity contribution in [3.8, 4) is 0 Å². The summed E-state index contributed by atoms with van der Waals surface area (Å²) in [6, 6.07) is 7.02. The normalized spacial score (nSPS) is 12.3. The van der Waals surface area contributed by atoms with Crippen LogP contribution >= 0.6 is 0 Å². The maximum atomic E-state index is 12.0. The van der Waals surface area contributed by atoms with Gasteiger partial charge in [-0.1, -0.05) is 24.8 Å². The van der Waals surface area contributed by atoms with Gasteiger partial charge in [-0.25, -0.2) is 13.2 Å². The third kappa shape index (κ3) is 7.15. The minimum atomic E-state index is -4.18. The van der Waals surface area contributed by atoms with Gasteiger partial charge in [-0.05, 0) is 45.9 Å². The number of carbonyl (C=O) groups excluding carboxylic acids is 1. The van der Waals surface area contributed by atoms with Gasteiger partial charge < -0.3 is 14.9 Å². The van der Waals surface area contributed by atoms with Crippen LogP contribution in [0.2, 0.25) is 0 Å². The van der Waals surface area contributed by atoms with Crippen LogP contribution in [-0.2, 0) is 19.4 Å². The van der Waals surface area contributed by atoms with E-state index in [1.54, 1.807) is 6.07 Å². The summed E-state index contributed by atoms with van der Waals surface area (Å²) in [5.41, 5.74) is 0. The molecule has 0 aliphatic heterocycles. The zero-order valence-electron chi connectivity index (χ0n) is 16.5. The van der Waals surface area contributed by atoms with E-state index in [0.717, 1.165) is 6.08 Å². The molecule has 152 valence electrons. The minimum Gasteiger partial charge on any atom is -0.479 e. The van der Waals surface area contributed by atoms with E-state index in [-0.39, 0.29) is 4.90 Å². The summed E-state index contributed by atoms with van der Waals surface area (Å²) in [6.45, 7) is 17.4. The van der Waals surface area contributed by atoms with Crippen molar-refractivity contribution in [3.63, 3.8) is 0 Å². The molecular weight excluding hydrogens is 368 g/mol. The molecule has 2 N–H and O–H groups in total. The Hall–Kier alpha value is -2.19. The standard InChI is InChI=1S/C11H11NO5S.C8H20N/c1-2-9(13)12-10(11(14)15)18(16,17)8-6-4-3-5-7-8;1-5-9(6-2,7-3)8-4/h2-7,10H,1H2,(H,12,13)(H,14,15);5-8H2,1-4H3/q;+1. The molecule has 0 saturated carbocycles. The van der Waals surface area contributed by atoms with Gasteiger partial charge in [0.05, 0.1) is 31.1 Å². The molecule has 1 aromatic rings. The molecule has 27 heavy (non-hydrogen) atoms. The van der Waals surface area contributed by atoms with Crippen molar-refractivity contribution in [2.75, 3.05) is 26.2 Å². The molecule has 0 bridgehead atoms. The second-order valence-corrected chi connectivity index (χ2v) is 7.93. The summed E-state index contributed by atoms with van der Waals surface area (Å²) in [5.74, 6) is -2.53. The van der Waals surface area contributed by atoms with Gasteiger partial charge in [0.1, 0.15) is 0 Å². The van der Waals surface area contributed by atoms with Crippen LogP contribution in [0.1, 0.15) is 27.7 Å². The summed E-state index contributed by atoms with van der Waals surface area (Å²) in [7, 11) is -4.18. The van der Waals surface area contributed by atoms with E-state index in [0.29, 0.717) is 0 Å². The van der Waals surface area contributed by atoms with Crippen LogP contribution in [0.3, 0.4) is 0 Å². The zero-order valence-corrected chi connectivity index (χ0v) is 17.3. The van der Waals surface area contributed by atoms with Crippen LogP contribution in [0.5, 0.6) is 0 Å². The fourth-order valence-electron chi connectivity index (χ4n) is 2.55.